The van der Waals surface area contributed by atoms with Crippen LogP contribution < -0.4 is 11.3 Å². The second kappa shape index (κ2) is 6.02. The first kappa shape index (κ1) is 11.5. The molecule has 0 atom stereocenters. The van der Waals surface area contributed by atoms with Crippen LogP contribution in [0.1, 0.15) is 51.9 Å². The lowest BCUT2D eigenvalue weighted by molar-refractivity contribution is -0.126. The Morgan fingerprint density at radius 1 is 1.36 bits per heavy atom. The first-order valence-electron chi connectivity index (χ1n) is 5.78. The van der Waals surface area contributed by atoms with Gasteiger partial charge in [0.25, 0.3) is 0 Å². The average molecular weight is 198 g/mol. The van der Waals surface area contributed by atoms with Crippen LogP contribution in [0.5, 0.6) is 0 Å². The summed E-state index contributed by atoms with van der Waals surface area (Å²) in [5.74, 6) is 6.18. The van der Waals surface area contributed by atoms with Gasteiger partial charge in [-0.1, -0.05) is 26.2 Å². The molecule has 0 aromatic carbocycles. The van der Waals surface area contributed by atoms with Crippen molar-refractivity contribution >= 4 is 5.91 Å². The van der Waals surface area contributed by atoms with Crippen molar-refractivity contribution in [1.82, 2.24) is 5.43 Å². The molecule has 3 heteroatoms. The fourth-order valence-electron chi connectivity index (χ4n) is 2.32. The summed E-state index contributed by atoms with van der Waals surface area (Å²) in [6.07, 6.45) is 8.42. The van der Waals surface area contributed by atoms with Gasteiger partial charge in [-0.15, -0.1) is 0 Å². The van der Waals surface area contributed by atoms with E-state index in [1.807, 2.05) is 0 Å². The fraction of sp³-hybridized carbons (Fsp3) is 0.909. The second-order valence-electron chi connectivity index (χ2n) is 4.37. The van der Waals surface area contributed by atoms with Gasteiger partial charge in [-0.2, -0.15) is 0 Å². The van der Waals surface area contributed by atoms with Gasteiger partial charge in [0, 0.05) is 5.92 Å². The molecule has 82 valence electrons. The molecule has 1 saturated carbocycles. The average Bonchev–Trinajstić information content (AvgIpc) is 2.26. The Kier molecular flexibility index (Phi) is 4.94. The maximum atomic E-state index is 11.3. The molecule has 3 nitrogen and oxygen atoms in total. The molecule has 0 aliphatic heterocycles. The predicted molar refractivity (Wildman–Crippen MR) is 57.3 cm³/mol. The zero-order valence-corrected chi connectivity index (χ0v) is 9.09. The van der Waals surface area contributed by atoms with Gasteiger partial charge in [0.15, 0.2) is 0 Å². The Labute approximate surface area is 86.4 Å². The Morgan fingerprint density at radius 2 is 2.00 bits per heavy atom. The lowest BCUT2D eigenvalue weighted by atomic mass is 9.79. The largest absolute Gasteiger partial charge is 0.294 e. The summed E-state index contributed by atoms with van der Waals surface area (Å²) >= 11 is 0. The quantitative estimate of drug-likeness (QED) is 0.412. The SMILES string of the molecule is CCCCC1CCC(C(=O)NN)CC1. The molecule has 0 radical (unpaired) electrons. The lowest BCUT2D eigenvalue weighted by Crippen LogP contribution is -2.37. The number of carbonyl (C=O) groups excluding carboxylic acids is 1. The molecule has 0 bridgehead atoms. The highest BCUT2D eigenvalue weighted by atomic mass is 16.2. The molecular formula is C11H22N2O. The number of carbonyl (C=O) groups is 1. The lowest BCUT2D eigenvalue weighted by Gasteiger charge is -2.27. The van der Waals surface area contributed by atoms with Crippen molar-refractivity contribution in [2.45, 2.75) is 51.9 Å². The van der Waals surface area contributed by atoms with Crippen LogP contribution in [0.4, 0.5) is 0 Å². The number of hydrogen-bond donors (Lipinski definition) is 2. The maximum absolute atomic E-state index is 11.3. The van der Waals surface area contributed by atoms with E-state index in [9.17, 15) is 4.79 Å². The van der Waals surface area contributed by atoms with Gasteiger partial charge in [-0.3, -0.25) is 10.2 Å². The monoisotopic (exact) mass is 198 g/mol. The standard InChI is InChI=1S/C11H22N2O/c1-2-3-4-9-5-7-10(8-6-9)11(14)13-12/h9-10H,2-8,12H2,1H3,(H,13,14). The van der Waals surface area contributed by atoms with Crippen molar-refractivity contribution in [2.24, 2.45) is 17.7 Å². The summed E-state index contributed by atoms with van der Waals surface area (Å²) in [4.78, 5) is 11.3. The minimum Gasteiger partial charge on any atom is -0.294 e. The molecule has 0 unspecified atom stereocenters. The molecule has 0 aromatic rings. The van der Waals surface area contributed by atoms with Crippen molar-refractivity contribution < 1.29 is 4.79 Å². The number of rotatable bonds is 4. The number of nitrogens with one attached hydrogen (secondary N) is 1. The summed E-state index contributed by atoms with van der Waals surface area (Å²) in [5, 5.41) is 0. The van der Waals surface area contributed by atoms with Gasteiger partial charge >= 0.3 is 0 Å². The Balaban J connectivity index is 2.20. The topological polar surface area (TPSA) is 55.1 Å². The van der Waals surface area contributed by atoms with E-state index in [1.54, 1.807) is 0 Å². The molecule has 1 amide bonds. The molecule has 14 heavy (non-hydrogen) atoms. The zero-order chi connectivity index (χ0) is 10.4. The number of unbranched alkanes of at least 4 members (excludes halogenated alkanes) is 1. The van der Waals surface area contributed by atoms with Crippen LogP contribution in [0.15, 0.2) is 0 Å². The number of hydrazine groups is 1. The summed E-state index contributed by atoms with van der Waals surface area (Å²) in [6, 6.07) is 0. The van der Waals surface area contributed by atoms with E-state index >= 15 is 0 Å². The van der Waals surface area contributed by atoms with Crippen LogP contribution in [0, 0.1) is 11.8 Å². The van der Waals surface area contributed by atoms with Gasteiger partial charge in [0.1, 0.15) is 0 Å². The van der Waals surface area contributed by atoms with Gasteiger partial charge in [-0.05, 0) is 31.6 Å². The van der Waals surface area contributed by atoms with Crippen LogP contribution in [0.3, 0.4) is 0 Å². The molecule has 0 saturated heterocycles. The van der Waals surface area contributed by atoms with Crippen LogP contribution in [0.25, 0.3) is 0 Å². The summed E-state index contributed by atoms with van der Waals surface area (Å²) in [6.45, 7) is 2.23. The van der Waals surface area contributed by atoms with Crippen LogP contribution in [-0.4, -0.2) is 5.91 Å². The normalized spacial score (nSPS) is 27.3. The van der Waals surface area contributed by atoms with Gasteiger partial charge in [0.05, 0.1) is 0 Å². The van der Waals surface area contributed by atoms with Gasteiger partial charge in [-0.25, -0.2) is 5.84 Å². The highest BCUT2D eigenvalue weighted by Crippen LogP contribution is 2.31. The third-order valence-electron chi connectivity index (χ3n) is 3.33. The predicted octanol–water partition coefficient (Wildman–Crippen LogP) is 1.97. The summed E-state index contributed by atoms with van der Waals surface area (Å²) in [7, 11) is 0. The molecule has 1 fully saturated rings. The van der Waals surface area contributed by atoms with E-state index < -0.39 is 0 Å². The molecule has 0 aromatic heterocycles. The first-order chi connectivity index (χ1) is 6.77. The third-order valence-corrected chi connectivity index (χ3v) is 3.33. The molecule has 0 heterocycles. The van der Waals surface area contributed by atoms with Crippen LogP contribution in [-0.2, 0) is 4.79 Å². The Morgan fingerprint density at radius 3 is 2.50 bits per heavy atom. The molecule has 0 spiro atoms. The smallest absolute Gasteiger partial charge is 0.236 e. The molecule has 3 N–H and O–H groups in total. The van der Waals surface area contributed by atoms with E-state index in [1.165, 1.54) is 32.1 Å². The van der Waals surface area contributed by atoms with E-state index in [0.29, 0.717) is 0 Å². The van der Waals surface area contributed by atoms with Crippen molar-refractivity contribution in [3.8, 4) is 0 Å². The third kappa shape index (κ3) is 3.29. The zero-order valence-electron chi connectivity index (χ0n) is 9.09. The van der Waals surface area contributed by atoms with Gasteiger partial charge in [0.2, 0.25) is 5.91 Å². The summed E-state index contributed by atoms with van der Waals surface area (Å²) in [5.41, 5.74) is 2.25. The number of hydrogen-bond acceptors (Lipinski definition) is 2. The molecule has 1 aliphatic carbocycles. The fourth-order valence-corrected chi connectivity index (χ4v) is 2.32. The van der Waals surface area contributed by atoms with Crippen molar-refractivity contribution in [1.29, 1.82) is 0 Å². The molecule has 1 aliphatic rings. The Bertz CT molecular complexity index is 174. The number of amides is 1. The highest BCUT2D eigenvalue weighted by molar-refractivity contribution is 5.77. The van der Waals surface area contributed by atoms with E-state index in [4.69, 9.17) is 5.84 Å². The minimum atomic E-state index is 0.0268. The molecular weight excluding hydrogens is 176 g/mol. The van der Waals surface area contributed by atoms with Gasteiger partial charge < -0.3 is 0 Å². The van der Waals surface area contributed by atoms with Crippen molar-refractivity contribution in [3.05, 3.63) is 0 Å². The molecule has 1 rings (SSSR count). The van der Waals surface area contributed by atoms with Crippen LogP contribution >= 0.6 is 0 Å². The highest BCUT2D eigenvalue weighted by Gasteiger charge is 2.25. The van der Waals surface area contributed by atoms with E-state index in [0.717, 1.165) is 18.8 Å². The van der Waals surface area contributed by atoms with Crippen LogP contribution in [0.2, 0.25) is 0 Å². The van der Waals surface area contributed by atoms with E-state index in [-0.39, 0.29) is 11.8 Å². The van der Waals surface area contributed by atoms with Crippen molar-refractivity contribution in [3.63, 3.8) is 0 Å². The van der Waals surface area contributed by atoms with Crippen molar-refractivity contribution in [2.75, 3.05) is 0 Å². The Hall–Kier alpha value is -0.570. The minimum absolute atomic E-state index is 0.0268. The maximum Gasteiger partial charge on any atom is 0.236 e. The first-order valence-corrected chi connectivity index (χ1v) is 5.78. The number of nitrogens with two attached hydrogens (primary N) is 1. The summed E-state index contributed by atoms with van der Waals surface area (Å²) < 4.78 is 0. The second-order valence-corrected chi connectivity index (χ2v) is 4.37. The van der Waals surface area contributed by atoms with E-state index in [2.05, 4.69) is 12.3 Å².